The standard InChI is InChI=1S/C14H21ClN2/c1-3-11-4-6-12(7-5-11)17-13-10(2)8-9-16-14(13)15/h8-9,11-12,17H,3-7H2,1-2H3. The van der Waals surface area contributed by atoms with E-state index in [0.717, 1.165) is 11.6 Å². The smallest absolute Gasteiger partial charge is 0.152 e. The van der Waals surface area contributed by atoms with Gasteiger partial charge in [0.25, 0.3) is 0 Å². The number of hydrogen-bond donors (Lipinski definition) is 1. The van der Waals surface area contributed by atoms with E-state index in [4.69, 9.17) is 11.6 Å². The highest BCUT2D eigenvalue weighted by molar-refractivity contribution is 6.32. The van der Waals surface area contributed by atoms with E-state index in [2.05, 4.69) is 24.1 Å². The van der Waals surface area contributed by atoms with Crippen LogP contribution < -0.4 is 5.32 Å². The van der Waals surface area contributed by atoms with Crippen molar-refractivity contribution in [3.05, 3.63) is 23.0 Å². The van der Waals surface area contributed by atoms with Gasteiger partial charge in [0.05, 0.1) is 5.69 Å². The van der Waals surface area contributed by atoms with E-state index in [1.165, 1.54) is 37.7 Å². The summed E-state index contributed by atoms with van der Waals surface area (Å²) in [4.78, 5) is 4.14. The second kappa shape index (κ2) is 5.72. The highest BCUT2D eigenvalue weighted by atomic mass is 35.5. The maximum atomic E-state index is 6.13. The van der Waals surface area contributed by atoms with Crippen LogP contribution in [0.2, 0.25) is 5.15 Å². The number of hydrogen-bond acceptors (Lipinski definition) is 2. The number of aromatic nitrogens is 1. The first kappa shape index (κ1) is 12.7. The van der Waals surface area contributed by atoms with Gasteiger partial charge in [-0.05, 0) is 50.2 Å². The Labute approximate surface area is 109 Å². The van der Waals surface area contributed by atoms with Gasteiger partial charge in [0, 0.05) is 12.2 Å². The Hall–Kier alpha value is -0.760. The average molecular weight is 253 g/mol. The van der Waals surface area contributed by atoms with Crippen molar-refractivity contribution in [3.8, 4) is 0 Å². The molecular formula is C14H21ClN2. The highest BCUT2D eigenvalue weighted by Crippen LogP contribution is 2.31. The second-order valence-corrected chi connectivity index (χ2v) is 5.42. The lowest BCUT2D eigenvalue weighted by Gasteiger charge is -2.29. The van der Waals surface area contributed by atoms with Gasteiger partial charge in [-0.1, -0.05) is 24.9 Å². The number of aryl methyl sites for hydroxylation is 1. The van der Waals surface area contributed by atoms with Crippen LogP contribution in [0.5, 0.6) is 0 Å². The zero-order chi connectivity index (χ0) is 12.3. The largest absolute Gasteiger partial charge is 0.380 e. The molecule has 0 aromatic carbocycles. The van der Waals surface area contributed by atoms with Crippen LogP contribution in [0.25, 0.3) is 0 Å². The Bertz CT molecular complexity index is 350. The predicted octanol–water partition coefficient (Wildman–Crippen LogP) is 4.42. The molecule has 0 saturated heterocycles. The third-order valence-electron chi connectivity index (χ3n) is 3.89. The van der Waals surface area contributed by atoms with Crippen molar-refractivity contribution >= 4 is 17.3 Å². The lowest BCUT2D eigenvalue weighted by atomic mass is 9.84. The van der Waals surface area contributed by atoms with Crippen molar-refractivity contribution in [1.29, 1.82) is 0 Å². The van der Waals surface area contributed by atoms with E-state index in [0.29, 0.717) is 11.2 Å². The molecule has 1 N–H and O–H groups in total. The first-order valence-electron chi connectivity index (χ1n) is 6.58. The van der Waals surface area contributed by atoms with Crippen LogP contribution in [-0.4, -0.2) is 11.0 Å². The summed E-state index contributed by atoms with van der Waals surface area (Å²) >= 11 is 6.13. The Balaban J connectivity index is 1.98. The first-order valence-corrected chi connectivity index (χ1v) is 6.96. The Morgan fingerprint density at radius 3 is 2.65 bits per heavy atom. The van der Waals surface area contributed by atoms with Crippen LogP contribution in [0.1, 0.15) is 44.6 Å². The molecule has 0 amide bonds. The summed E-state index contributed by atoms with van der Waals surface area (Å²) in [6.07, 6.45) is 8.26. The molecule has 1 aromatic rings. The molecule has 0 aliphatic heterocycles. The van der Waals surface area contributed by atoms with Crippen LogP contribution in [-0.2, 0) is 0 Å². The molecule has 0 bridgehead atoms. The molecular weight excluding hydrogens is 232 g/mol. The van der Waals surface area contributed by atoms with Crippen LogP contribution in [0.4, 0.5) is 5.69 Å². The Kier molecular flexibility index (Phi) is 4.27. The molecule has 0 spiro atoms. The number of nitrogens with zero attached hydrogens (tertiary/aromatic N) is 1. The fourth-order valence-corrected chi connectivity index (χ4v) is 2.88. The van der Waals surface area contributed by atoms with Crippen molar-refractivity contribution in [2.75, 3.05) is 5.32 Å². The van der Waals surface area contributed by atoms with E-state index in [9.17, 15) is 0 Å². The van der Waals surface area contributed by atoms with Gasteiger partial charge < -0.3 is 5.32 Å². The third-order valence-corrected chi connectivity index (χ3v) is 4.17. The van der Waals surface area contributed by atoms with Crippen LogP contribution in [0.3, 0.4) is 0 Å². The first-order chi connectivity index (χ1) is 8.20. The molecule has 1 aromatic heterocycles. The van der Waals surface area contributed by atoms with E-state index >= 15 is 0 Å². The maximum absolute atomic E-state index is 6.13. The molecule has 1 fully saturated rings. The summed E-state index contributed by atoms with van der Waals surface area (Å²) in [6, 6.07) is 2.57. The lowest BCUT2D eigenvalue weighted by molar-refractivity contribution is 0.330. The van der Waals surface area contributed by atoms with Gasteiger partial charge in [0.15, 0.2) is 5.15 Å². The zero-order valence-corrected chi connectivity index (χ0v) is 11.4. The summed E-state index contributed by atoms with van der Waals surface area (Å²) in [5, 5.41) is 4.17. The highest BCUT2D eigenvalue weighted by Gasteiger charge is 2.20. The summed E-state index contributed by atoms with van der Waals surface area (Å²) in [7, 11) is 0. The molecule has 0 radical (unpaired) electrons. The number of halogens is 1. The minimum absolute atomic E-state index is 0.568. The summed E-state index contributed by atoms with van der Waals surface area (Å²) < 4.78 is 0. The molecule has 2 rings (SSSR count). The SMILES string of the molecule is CCC1CCC(Nc2c(C)ccnc2Cl)CC1. The van der Waals surface area contributed by atoms with Gasteiger partial charge in [-0.25, -0.2) is 4.98 Å². The summed E-state index contributed by atoms with van der Waals surface area (Å²) in [6.45, 7) is 4.37. The third kappa shape index (κ3) is 3.12. The number of pyridine rings is 1. The van der Waals surface area contributed by atoms with E-state index in [-0.39, 0.29) is 0 Å². The van der Waals surface area contributed by atoms with Gasteiger partial charge in [-0.3, -0.25) is 0 Å². The Morgan fingerprint density at radius 1 is 1.35 bits per heavy atom. The molecule has 0 atom stereocenters. The van der Waals surface area contributed by atoms with Crippen molar-refractivity contribution in [2.24, 2.45) is 5.92 Å². The lowest BCUT2D eigenvalue weighted by Crippen LogP contribution is -2.26. The molecule has 1 heterocycles. The Morgan fingerprint density at radius 2 is 2.06 bits per heavy atom. The van der Waals surface area contributed by atoms with Crippen molar-refractivity contribution in [1.82, 2.24) is 4.98 Å². The molecule has 17 heavy (non-hydrogen) atoms. The van der Waals surface area contributed by atoms with Gasteiger partial charge >= 0.3 is 0 Å². The van der Waals surface area contributed by atoms with Crippen molar-refractivity contribution in [3.63, 3.8) is 0 Å². The monoisotopic (exact) mass is 252 g/mol. The molecule has 94 valence electrons. The summed E-state index contributed by atoms with van der Waals surface area (Å²) in [5.74, 6) is 0.929. The molecule has 2 nitrogen and oxygen atoms in total. The zero-order valence-electron chi connectivity index (χ0n) is 10.7. The number of anilines is 1. The normalized spacial score (nSPS) is 24.6. The molecule has 1 saturated carbocycles. The second-order valence-electron chi connectivity index (χ2n) is 5.06. The van der Waals surface area contributed by atoms with E-state index in [1.807, 2.05) is 6.07 Å². The maximum Gasteiger partial charge on any atom is 0.152 e. The minimum atomic E-state index is 0.568. The fourth-order valence-electron chi connectivity index (χ4n) is 2.62. The molecule has 0 unspecified atom stereocenters. The van der Waals surface area contributed by atoms with Gasteiger partial charge in [-0.15, -0.1) is 0 Å². The van der Waals surface area contributed by atoms with Gasteiger partial charge in [0.2, 0.25) is 0 Å². The van der Waals surface area contributed by atoms with Crippen LogP contribution in [0.15, 0.2) is 12.3 Å². The quantitative estimate of drug-likeness (QED) is 0.806. The number of nitrogens with one attached hydrogen (secondary N) is 1. The van der Waals surface area contributed by atoms with Gasteiger partial charge in [0.1, 0.15) is 0 Å². The molecule has 1 aliphatic rings. The predicted molar refractivity (Wildman–Crippen MR) is 73.6 cm³/mol. The van der Waals surface area contributed by atoms with E-state index < -0.39 is 0 Å². The fraction of sp³-hybridized carbons (Fsp3) is 0.643. The summed E-state index contributed by atoms with van der Waals surface area (Å²) in [5.41, 5.74) is 2.21. The van der Waals surface area contributed by atoms with Gasteiger partial charge in [-0.2, -0.15) is 0 Å². The van der Waals surface area contributed by atoms with Crippen LogP contribution in [0, 0.1) is 12.8 Å². The molecule has 1 aliphatic carbocycles. The van der Waals surface area contributed by atoms with Crippen molar-refractivity contribution in [2.45, 2.75) is 52.0 Å². The van der Waals surface area contributed by atoms with Crippen molar-refractivity contribution < 1.29 is 0 Å². The minimum Gasteiger partial charge on any atom is -0.380 e. The number of rotatable bonds is 3. The van der Waals surface area contributed by atoms with Crippen LogP contribution >= 0.6 is 11.6 Å². The topological polar surface area (TPSA) is 24.9 Å². The average Bonchev–Trinajstić information content (AvgIpc) is 2.35. The van der Waals surface area contributed by atoms with E-state index in [1.54, 1.807) is 6.20 Å². The molecule has 3 heteroatoms.